The van der Waals surface area contributed by atoms with Crippen LogP contribution in [0.15, 0.2) is 23.0 Å². The van der Waals surface area contributed by atoms with Crippen molar-refractivity contribution >= 4 is 45.6 Å². The van der Waals surface area contributed by atoms with Crippen molar-refractivity contribution in [2.45, 2.75) is 19.4 Å². The van der Waals surface area contributed by atoms with Crippen molar-refractivity contribution in [2.75, 3.05) is 5.88 Å². The van der Waals surface area contributed by atoms with E-state index in [1.165, 1.54) is 6.07 Å². The lowest BCUT2D eigenvalue weighted by Crippen LogP contribution is -2.07. The minimum absolute atomic E-state index is 0.0871. The van der Waals surface area contributed by atoms with Crippen molar-refractivity contribution in [1.82, 2.24) is 14.5 Å². The maximum absolute atomic E-state index is 13.7. The number of thiazole rings is 1. The molecule has 0 N–H and O–H groups in total. The van der Waals surface area contributed by atoms with Crippen molar-refractivity contribution in [3.05, 3.63) is 45.4 Å². The molecule has 3 rings (SSSR count). The van der Waals surface area contributed by atoms with Crippen LogP contribution in [-0.2, 0) is 19.4 Å². The molecule has 1 aromatic carbocycles. The average molecular weight is 344 g/mol. The lowest BCUT2D eigenvalue weighted by atomic mass is 10.3. The maximum Gasteiger partial charge on any atom is 0.144 e. The molecule has 2 aromatic heterocycles. The van der Waals surface area contributed by atoms with Gasteiger partial charge in [0.25, 0.3) is 0 Å². The fourth-order valence-electron chi connectivity index (χ4n) is 2.28. The van der Waals surface area contributed by atoms with Crippen molar-refractivity contribution in [3.63, 3.8) is 0 Å². The van der Waals surface area contributed by atoms with Gasteiger partial charge in [0, 0.05) is 36.7 Å². The normalized spacial score (nSPS) is 11.4. The van der Waals surface area contributed by atoms with E-state index in [0.29, 0.717) is 24.4 Å². The van der Waals surface area contributed by atoms with Crippen LogP contribution in [0.3, 0.4) is 0 Å². The maximum atomic E-state index is 13.7. The quantitative estimate of drug-likeness (QED) is 0.646. The smallest absolute Gasteiger partial charge is 0.144 e. The number of nitrogens with zero attached hydrogens (tertiary/aromatic N) is 3. The van der Waals surface area contributed by atoms with E-state index in [1.807, 2.05) is 9.95 Å². The Hall–Kier alpha value is -1.17. The summed E-state index contributed by atoms with van der Waals surface area (Å²) in [6.07, 6.45) is 1.40. The molecule has 0 bridgehead atoms. The first kappa shape index (κ1) is 14.8. The highest BCUT2D eigenvalue weighted by molar-refractivity contribution is 7.07. The zero-order valence-electron chi connectivity index (χ0n) is 11.0. The predicted molar refractivity (Wildman–Crippen MR) is 84.9 cm³/mol. The molecule has 0 aliphatic rings. The largest absolute Gasteiger partial charge is 0.327 e. The molecule has 0 amide bonds. The molecule has 0 spiro atoms. The first-order valence-corrected chi connectivity index (χ1v) is 8.31. The van der Waals surface area contributed by atoms with E-state index in [1.54, 1.807) is 22.9 Å². The summed E-state index contributed by atoms with van der Waals surface area (Å²) >= 11 is 13.2. The van der Waals surface area contributed by atoms with Crippen LogP contribution < -0.4 is 0 Å². The summed E-state index contributed by atoms with van der Waals surface area (Å²) in [7, 11) is 0. The lowest BCUT2D eigenvalue weighted by Gasteiger charge is -2.07. The van der Waals surface area contributed by atoms with Gasteiger partial charge in [0.1, 0.15) is 11.6 Å². The standard InChI is InChI=1S/C14H12Cl2FN3S/c15-3-1-14-19-12-5-10(16)11(17)6-13(12)20(14)4-2-9-7-21-8-18-9/h5-8H,1-4H2. The Morgan fingerprint density at radius 3 is 2.86 bits per heavy atom. The van der Waals surface area contributed by atoms with Crippen molar-refractivity contribution < 1.29 is 4.39 Å². The molecule has 0 unspecified atom stereocenters. The third-order valence-electron chi connectivity index (χ3n) is 3.26. The highest BCUT2D eigenvalue weighted by Gasteiger charge is 2.13. The van der Waals surface area contributed by atoms with Gasteiger partial charge in [-0.15, -0.1) is 22.9 Å². The summed E-state index contributed by atoms with van der Waals surface area (Å²) in [6, 6.07) is 2.99. The number of aryl methyl sites for hydroxylation is 3. The van der Waals surface area contributed by atoms with E-state index in [0.717, 1.165) is 23.5 Å². The molecule has 0 aliphatic carbocycles. The highest BCUT2D eigenvalue weighted by Crippen LogP contribution is 2.24. The number of imidazole rings is 1. The zero-order chi connectivity index (χ0) is 14.8. The number of fused-ring (bicyclic) bond motifs is 1. The number of aromatic nitrogens is 3. The van der Waals surface area contributed by atoms with Gasteiger partial charge in [0.2, 0.25) is 0 Å². The van der Waals surface area contributed by atoms with Crippen LogP contribution >= 0.6 is 34.5 Å². The van der Waals surface area contributed by atoms with Gasteiger partial charge in [-0.1, -0.05) is 11.6 Å². The number of halogens is 3. The summed E-state index contributed by atoms with van der Waals surface area (Å²) in [6.45, 7) is 0.688. The van der Waals surface area contributed by atoms with Crippen LogP contribution in [0.4, 0.5) is 4.39 Å². The minimum Gasteiger partial charge on any atom is -0.327 e. The molecule has 3 nitrogen and oxygen atoms in total. The first-order valence-electron chi connectivity index (χ1n) is 6.46. The van der Waals surface area contributed by atoms with Gasteiger partial charge < -0.3 is 4.57 Å². The Balaban J connectivity index is 2.00. The number of benzene rings is 1. The Labute approximate surface area is 135 Å². The number of rotatable bonds is 5. The van der Waals surface area contributed by atoms with E-state index in [9.17, 15) is 4.39 Å². The van der Waals surface area contributed by atoms with E-state index in [4.69, 9.17) is 23.2 Å². The van der Waals surface area contributed by atoms with Crippen molar-refractivity contribution in [1.29, 1.82) is 0 Å². The summed E-state index contributed by atoms with van der Waals surface area (Å²) in [5.41, 5.74) is 4.26. The van der Waals surface area contributed by atoms with Gasteiger partial charge in [-0.2, -0.15) is 0 Å². The van der Waals surface area contributed by atoms with Crippen molar-refractivity contribution in [3.8, 4) is 0 Å². The van der Waals surface area contributed by atoms with Crippen LogP contribution in [0, 0.1) is 5.82 Å². The molecule has 7 heteroatoms. The summed E-state index contributed by atoms with van der Waals surface area (Å²) in [5, 5.41) is 2.10. The van der Waals surface area contributed by atoms with Crippen LogP contribution in [-0.4, -0.2) is 20.4 Å². The van der Waals surface area contributed by atoms with E-state index in [2.05, 4.69) is 9.97 Å². The molecule has 0 aliphatic heterocycles. The van der Waals surface area contributed by atoms with E-state index >= 15 is 0 Å². The fourth-order valence-corrected chi connectivity index (χ4v) is 3.20. The summed E-state index contributed by atoms with van der Waals surface area (Å²) < 4.78 is 15.7. The van der Waals surface area contributed by atoms with Gasteiger partial charge >= 0.3 is 0 Å². The molecule has 2 heterocycles. The predicted octanol–water partition coefficient (Wildman–Crippen LogP) is 4.31. The van der Waals surface area contributed by atoms with Crippen molar-refractivity contribution in [2.24, 2.45) is 0 Å². The molecular weight excluding hydrogens is 332 g/mol. The zero-order valence-corrected chi connectivity index (χ0v) is 13.3. The molecule has 21 heavy (non-hydrogen) atoms. The monoisotopic (exact) mass is 343 g/mol. The first-order chi connectivity index (χ1) is 10.2. The average Bonchev–Trinajstić information content (AvgIpc) is 3.06. The van der Waals surface area contributed by atoms with Gasteiger partial charge in [-0.05, 0) is 6.07 Å². The second kappa shape index (κ2) is 6.30. The third kappa shape index (κ3) is 3.05. The molecular formula is C14H12Cl2FN3S. The summed E-state index contributed by atoms with van der Waals surface area (Å²) in [4.78, 5) is 8.78. The van der Waals surface area contributed by atoms with Crippen LogP contribution in [0.25, 0.3) is 11.0 Å². The molecule has 110 valence electrons. The Kier molecular flexibility index (Phi) is 4.42. The Morgan fingerprint density at radius 2 is 2.14 bits per heavy atom. The number of hydrogen-bond donors (Lipinski definition) is 0. The topological polar surface area (TPSA) is 30.7 Å². The SMILES string of the molecule is Fc1cc2c(cc1Cl)nc(CCCl)n2CCc1cscn1. The molecule has 0 saturated carbocycles. The van der Waals surface area contributed by atoms with Gasteiger partial charge in [0.05, 0.1) is 27.3 Å². The van der Waals surface area contributed by atoms with Crippen LogP contribution in [0.2, 0.25) is 5.02 Å². The summed E-state index contributed by atoms with van der Waals surface area (Å²) in [5.74, 6) is 0.879. The van der Waals surface area contributed by atoms with Crippen LogP contribution in [0.1, 0.15) is 11.5 Å². The molecule has 0 fully saturated rings. The molecule has 0 saturated heterocycles. The number of alkyl halides is 1. The van der Waals surface area contributed by atoms with Gasteiger partial charge in [-0.3, -0.25) is 0 Å². The third-order valence-corrected chi connectivity index (χ3v) is 4.38. The van der Waals surface area contributed by atoms with E-state index in [-0.39, 0.29) is 5.02 Å². The van der Waals surface area contributed by atoms with Crippen LogP contribution in [0.5, 0.6) is 0 Å². The molecule has 0 radical (unpaired) electrons. The second-order valence-electron chi connectivity index (χ2n) is 4.60. The fraction of sp³-hybridized carbons (Fsp3) is 0.286. The van der Waals surface area contributed by atoms with E-state index < -0.39 is 5.82 Å². The second-order valence-corrected chi connectivity index (χ2v) is 6.11. The molecule has 0 atom stereocenters. The highest BCUT2D eigenvalue weighted by atomic mass is 35.5. The minimum atomic E-state index is -0.434. The molecule has 3 aromatic rings. The number of hydrogen-bond acceptors (Lipinski definition) is 3. The van der Waals surface area contributed by atoms with Gasteiger partial charge in [-0.25, -0.2) is 14.4 Å². The lowest BCUT2D eigenvalue weighted by molar-refractivity contribution is 0.626. The Morgan fingerprint density at radius 1 is 1.29 bits per heavy atom. The van der Waals surface area contributed by atoms with Gasteiger partial charge in [0.15, 0.2) is 0 Å². The Bertz CT molecular complexity index is 755.